The Bertz CT molecular complexity index is 529. The van der Waals surface area contributed by atoms with Crippen LogP contribution in [0.25, 0.3) is 0 Å². The van der Waals surface area contributed by atoms with Gasteiger partial charge in [0.25, 0.3) is 5.91 Å². The lowest BCUT2D eigenvalue weighted by Gasteiger charge is -2.32. The van der Waals surface area contributed by atoms with Gasteiger partial charge >= 0.3 is 6.03 Å². The lowest BCUT2D eigenvalue weighted by atomic mass is 9.96. The minimum absolute atomic E-state index is 0. The van der Waals surface area contributed by atoms with Gasteiger partial charge in [0.2, 0.25) is 5.91 Å². The third-order valence-corrected chi connectivity index (χ3v) is 5.90. The van der Waals surface area contributed by atoms with Gasteiger partial charge in [-0.2, -0.15) is 0 Å². The SMILES string of the molecule is CCNCC1CCN(C(=O)CCN2C(=O)NC3(CCCC3)C2=O)CC1.Cl. The molecule has 8 heteroatoms. The van der Waals surface area contributed by atoms with Crippen molar-refractivity contribution < 1.29 is 14.4 Å². The Labute approximate surface area is 161 Å². The molecule has 0 aromatic carbocycles. The largest absolute Gasteiger partial charge is 0.343 e. The van der Waals surface area contributed by atoms with Gasteiger partial charge in [-0.05, 0) is 44.7 Å². The predicted octanol–water partition coefficient (Wildman–Crippen LogP) is 1.51. The maximum atomic E-state index is 12.6. The zero-order chi connectivity index (χ0) is 17.9. The summed E-state index contributed by atoms with van der Waals surface area (Å²) in [5.74, 6) is 0.555. The molecule has 1 saturated carbocycles. The number of hydrogen-bond acceptors (Lipinski definition) is 4. The molecule has 1 aliphatic carbocycles. The third kappa shape index (κ3) is 4.31. The van der Waals surface area contributed by atoms with E-state index in [-0.39, 0.29) is 43.2 Å². The average Bonchev–Trinajstić information content (AvgIpc) is 3.18. The number of urea groups is 1. The van der Waals surface area contributed by atoms with E-state index in [4.69, 9.17) is 0 Å². The number of piperidine rings is 1. The first-order chi connectivity index (χ1) is 12.1. The van der Waals surface area contributed by atoms with Crippen LogP contribution >= 0.6 is 12.4 Å². The van der Waals surface area contributed by atoms with E-state index in [9.17, 15) is 14.4 Å². The molecule has 0 aromatic heterocycles. The van der Waals surface area contributed by atoms with Gasteiger partial charge in [0, 0.05) is 26.1 Å². The number of amides is 4. The fourth-order valence-electron chi connectivity index (χ4n) is 4.30. The minimum atomic E-state index is -0.676. The van der Waals surface area contributed by atoms with E-state index in [1.165, 1.54) is 4.90 Å². The monoisotopic (exact) mass is 386 g/mol. The highest BCUT2D eigenvalue weighted by molar-refractivity contribution is 6.07. The van der Waals surface area contributed by atoms with Crippen LogP contribution in [0.3, 0.4) is 0 Å². The molecule has 2 saturated heterocycles. The summed E-state index contributed by atoms with van der Waals surface area (Å²) in [5.41, 5.74) is -0.676. The van der Waals surface area contributed by atoms with Crippen LogP contribution in [-0.2, 0) is 9.59 Å². The molecule has 0 bridgehead atoms. The quantitative estimate of drug-likeness (QED) is 0.678. The van der Waals surface area contributed by atoms with E-state index < -0.39 is 5.54 Å². The number of nitrogens with one attached hydrogen (secondary N) is 2. The van der Waals surface area contributed by atoms with Gasteiger partial charge in [-0.3, -0.25) is 14.5 Å². The molecule has 2 N–H and O–H groups in total. The molecule has 26 heavy (non-hydrogen) atoms. The first-order valence-electron chi connectivity index (χ1n) is 9.68. The number of carbonyl (C=O) groups excluding carboxylic acids is 3. The van der Waals surface area contributed by atoms with Gasteiger partial charge in [-0.15, -0.1) is 12.4 Å². The zero-order valence-electron chi connectivity index (χ0n) is 15.6. The first-order valence-corrected chi connectivity index (χ1v) is 9.68. The number of halogens is 1. The topological polar surface area (TPSA) is 81.8 Å². The highest BCUT2D eigenvalue weighted by atomic mass is 35.5. The van der Waals surface area contributed by atoms with Crippen molar-refractivity contribution in [2.24, 2.45) is 5.92 Å². The van der Waals surface area contributed by atoms with Crippen molar-refractivity contribution in [1.82, 2.24) is 20.4 Å². The second-order valence-electron chi connectivity index (χ2n) is 7.56. The van der Waals surface area contributed by atoms with Crippen molar-refractivity contribution in [1.29, 1.82) is 0 Å². The number of carbonyl (C=O) groups is 3. The van der Waals surface area contributed by atoms with Crippen molar-refractivity contribution in [3.05, 3.63) is 0 Å². The van der Waals surface area contributed by atoms with Gasteiger partial charge < -0.3 is 15.5 Å². The normalized spacial score (nSPS) is 22.7. The molecule has 148 valence electrons. The van der Waals surface area contributed by atoms with Crippen LogP contribution in [0, 0.1) is 5.92 Å². The number of likely N-dealkylation sites (tertiary alicyclic amines) is 1. The predicted molar refractivity (Wildman–Crippen MR) is 101 cm³/mol. The van der Waals surface area contributed by atoms with Gasteiger partial charge in [0.1, 0.15) is 5.54 Å². The third-order valence-electron chi connectivity index (χ3n) is 5.90. The summed E-state index contributed by atoms with van der Waals surface area (Å²) in [4.78, 5) is 40.3. The van der Waals surface area contributed by atoms with Gasteiger partial charge in [0.05, 0.1) is 0 Å². The summed E-state index contributed by atoms with van der Waals surface area (Å²) in [6.07, 6.45) is 5.66. The van der Waals surface area contributed by atoms with Crippen LogP contribution in [0.5, 0.6) is 0 Å². The highest BCUT2D eigenvalue weighted by Crippen LogP contribution is 2.35. The maximum Gasteiger partial charge on any atom is 0.325 e. The molecule has 3 fully saturated rings. The van der Waals surface area contributed by atoms with E-state index >= 15 is 0 Å². The lowest BCUT2D eigenvalue weighted by Crippen LogP contribution is -2.44. The summed E-state index contributed by atoms with van der Waals surface area (Å²) in [6.45, 7) is 5.85. The fraction of sp³-hybridized carbons (Fsp3) is 0.833. The van der Waals surface area contributed by atoms with Gasteiger partial charge in [0.15, 0.2) is 0 Å². The number of hydrogen-bond donors (Lipinski definition) is 2. The van der Waals surface area contributed by atoms with Crippen LogP contribution in [0.4, 0.5) is 4.79 Å². The molecule has 4 amide bonds. The Kier molecular flexibility index (Phi) is 7.29. The van der Waals surface area contributed by atoms with Crippen molar-refractivity contribution in [3.63, 3.8) is 0 Å². The van der Waals surface area contributed by atoms with E-state index in [1.807, 2.05) is 4.90 Å². The molecule has 2 aliphatic heterocycles. The summed E-state index contributed by atoms with van der Waals surface area (Å²) < 4.78 is 0. The van der Waals surface area contributed by atoms with Crippen molar-refractivity contribution in [2.75, 3.05) is 32.7 Å². The van der Waals surface area contributed by atoms with Crippen LogP contribution in [0.2, 0.25) is 0 Å². The smallest absolute Gasteiger partial charge is 0.325 e. The molecular formula is C18H31ClN4O3. The molecule has 3 aliphatic rings. The zero-order valence-corrected chi connectivity index (χ0v) is 16.4. The molecule has 1 spiro atoms. The van der Waals surface area contributed by atoms with Gasteiger partial charge in [-0.1, -0.05) is 19.8 Å². The fourth-order valence-corrected chi connectivity index (χ4v) is 4.30. The number of imide groups is 1. The van der Waals surface area contributed by atoms with Crippen LogP contribution in [-0.4, -0.2) is 65.9 Å². The average molecular weight is 387 g/mol. The summed E-state index contributed by atoms with van der Waals surface area (Å²) >= 11 is 0. The van der Waals surface area contributed by atoms with Crippen LogP contribution in [0.15, 0.2) is 0 Å². The Balaban J connectivity index is 0.00000243. The Morgan fingerprint density at radius 1 is 1.23 bits per heavy atom. The standard InChI is InChI=1S/C18H30N4O3.ClH/c1-2-19-13-14-5-10-21(11-6-14)15(23)7-12-22-16(24)18(20-17(22)25)8-3-4-9-18;/h14,19H,2-13H2,1H3,(H,20,25);1H. The van der Waals surface area contributed by atoms with E-state index in [0.717, 1.165) is 64.7 Å². The van der Waals surface area contributed by atoms with E-state index in [1.54, 1.807) is 0 Å². The van der Waals surface area contributed by atoms with Crippen molar-refractivity contribution in [2.45, 2.75) is 57.4 Å². The minimum Gasteiger partial charge on any atom is -0.343 e. The Hall–Kier alpha value is -1.34. The van der Waals surface area contributed by atoms with E-state index in [0.29, 0.717) is 5.92 Å². The summed E-state index contributed by atoms with van der Waals surface area (Å²) in [7, 11) is 0. The molecule has 3 rings (SSSR count). The second-order valence-corrected chi connectivity index (χ2v) is 7.56. The second kappa shape index (κ2) is 9.04. The molecule has 7 nitrogen and oxygen atoms in total. The molecule has 0 unspecified atom stereocenters. The molecule has 0 atom stereocenters. The van der Waals surface area contributed by atoms with Gasteiger partial charge in [-0.25, -0.2) is 4.79 Å². The Morgan fingerprint density at radius 2 is 1.88 bits per heavy atom. The summed E-state index contributed by atoms with van der Waals surface area (Å²) in [6, 6.07) is -0.330. The van der Waals surface area contributed by atoms with Crippen molar-refractivity contribution >= 4 is 30.3 Å². The highest BCUT2D eigenvalue weighted by Gasteiger charge is 2.52. The Morgan fingerprint density at radius 3 is 2.50 bits per heavy atom. The number of nitrogens with zero attached hydrogens (tertiary/aromatic N) is 2. The molecular weight excluding hydrogens is 356 g/mol. The van der Waals surface area contributed by atoms with Crippen molar-refractivity contribution in [3.8, 4) is 0 Å². The van der Waals surface area contributed by atoms with E-state index in [2.05, 4.69) is 17.6 Å². The lowest BCUT2D eigenvalue weighted by molar-refractivity contribution is -0.134. The molecule has 2 heterocycles. The number of rotatable bonds is 6. The van der Waals surface area contributed by atoms with Crippen LogP contribution in [0.1, 0.15) is 51.9 Å². The van der Waals surface area contributed by atoms with Crippen LogP contribution < -0.4 is 10.6 Å². The molecule has 0 radical (unpaired) electrons. The first kappa shape index (κ1) is 21.0. The summed E-state index contributed by atoms with van der Waals surface area (Å²) in [5, 5.41) is 6.23. The molecule has 0 aromatic rings. The maximum absolute atomic E-state index is 12.6.